The molecule has 0 radical (unpaired) electrons. The number of hydrogen-bond donors (Lipinski definition) is 4. The number of benzene rings is 3. The SMILES string of the molecule is CN=C(NC)c1ccc(NC(=O)c2ccc(C(=O)Nc3ccc(C(=NC)NC)cc3)c([N+](=O)[O-])c2)cc1.Cl.Cl. The molecular weight excluding hydrogens is 545 g/mol. The Balaban J connectivity index is 0.00000380. The van der Waals surface area contributed by atoms with Crippen molar-refractivity contribution in [3.8, 4) is 0 Å². The summed E-state index contributed by atoms with van der Waals surface area (Å²) in [5.41, 5.74) is 2.01. The van der Waals surface area contributed by atoms with Gasteiger partial charge in [0.25, 0.3) is 17.5 Å². The number of hydrogen-bond acceptors (Lipinski definition) is 6. The first kappa shape index (κ1) is 32.5. The average molecular weight is 574 g/mol. The van der Waals surface area contributed by atoms with Gasteiger partial charge < -0.3 is 21.3 Å². The van der Waals surface area contributed by atoms with Crippen molar-refractivity contribution in [2.24, 2.45) is 9.98 Å². The van der Waals surface area contributed by atoms with Crippen LogP contribution in [-0.4, -0.2) is 56.6 Å². The van der Waals surface area contributed by atoms with Gasteiger partial charge in [0, 0.05) is 62.3 Å². The van der Waals surface area contributed by atoms with Crippen LogP contribution in [0.3, 0.4) is 0 Å². The molecule has 0 aliphatic heterocycles. The van der Waals surface area contributed by atoms with Crippen LogP contribution >= 0.6 is 24.8 Å². The molecule has 3 aromatic carbocycles. The fourth-order valence-electron chi connectivity index (χ4n) is 3.61. The molecule has 0 heterocycles. The van der Waals surface area contributed by atoms with Crippen LogP contribution in [0.5, 0.6) is 0 Å². The van der Waals surface area contributed by atoms with Gasteiger partial charge in [-0.15, -0.1) is 24.8 Å². The van der Waals surface area contributed by atoms with Crippen molar-refractivity contribution in [3.05, 3.63) is 99.1 Å². The highest BCUT2D eigenvalue weighted by molar-refractivity contribution is 6.10. The predicted molar refractivity (Wildman–Crippen MR) is 159 cm³/mol. The highest BCUT2D eigenvalue weighted by Gasteiger charge is 2.23. The third-order valence-corrected chi connectivity index (χ3v) is 5.45. The van der Waals surface area contributed by atoms with Crippen molar-refractivity contribution in [1.29, 1.82) is 0 Å². The van der Waals surface area contributed by atoms with Crippen LogP contribution < -0.4 is 21.3 Å². The second-order valence-electron chi connectivity index (χ2n) is 7.70. The Morgan fingerprint density at radius 3 is 1.49 bits per heavy atom. The Labute approximate surface area is 238 Å². The lowest BCUT2D eigenvalue weighted by molar-refractivity contribution is -0.385. The molecule has 11 nitrogen and oxygen atoms in total. The minimum atomic E-state index is -0.691. The lowest BCUT2D eigenvalue weighted by Gasteiger charge is -2.10. The minimum Gasteiger partial charge on any atom is -0.373 e. The fraction of sp³-hybridized carbons (Fsp3) is 0.154. The maximum Gasteiger partial charge on any atom is 0.282 e. The molecule has 4 N–H and O–H groups in total. The number of nitro benzene ring substituents is 1. The van der Waals surface area contributed by atoms with E-state index in [2.05, 4.69) is 31.3 Å². The van der Waals surface area contributed by atoms with E-state index in [4.69, 9.17) is 0 Å². The van der Waals surface area contributed by atoms with Crippen molar-refractivity contribution >= 4 is 65.4 Å². The number of rotatable bonds is 7. The molecular formula is C26H29Cl2N7O4. The van der Waals surface area contributed by atoms with E-state index in [0.717, 1.165) is 17.2 Å². The molecule has 3 aromatic rings. The topological polar surface area (TPSA) is 150 Å². The van der Waals surface area contributed by atoms with Gasteiger partial charge in [0.2, 0.25) is 0 Å². The highest BCUT2D eigenvalue weighted by atomic mass is 35.5. The number of anilines is 2. The molecule has 0 fully saturated rings. The van der Waals surface area contributed by atoms with E-state index in [1.54, 1.807) is 76.7 Å². The zero-order valence-electron chi connectivity index (χ0n) is 21.6. The summed E-state index contributed by atoms with van der Waals surface area (Å²) in [5.74, 6) is 0.152. The molecule has 3 rings (SSSR count). The van der Waals surface area contributed by atoms with E-state index in [1.165, 1.54) is 12.1 Å². The Bertz CT molecular complexity index is 1380. The molecule has 13 heteroatoms. The second-order valence-corrected chi connectivity index (χ2v) is 7.70. The lowest BCUT2D eigenvalue weighted by Crippen LogP contribution is -2.19. The summed E-state index contributed by atoms with van der Waals surface area (Å²) in [6, 6.07) is 17.5. The summed E-state index contributed by atoms with van der Waals surface area (Å²) < 4.78 is 0. The number of carbonyl (C=O) groups is 2. The zero-order valence-corrected chi connectivity index (χ0v) is 23.3. The number of nitrogens with one attached hydrogen (secondary N) is 4. The molecule has 0 spiro atoms. The van der Waals surface area contributed by atoms with Gasteiger partial charge in [-0.1, -0.05) is 0 Å². The number of nitrogens with zero attached hydrogens (tertiary/aromatic N) is 3. The lowest BCUT2D eigenvalue weighted by atomic mass is 10.1. The predicted octanol–water partition coefficient (Wildman–Crippen LogP) is 4.13. The van der Waals surface area contributed by atoms with Gasteiger partial charge in [0.15, 0.2) is 0 Å². The van der Waals surface area contributed by atoms with Gasteiger partial charge in [0.05, 0.1) is 4.92 Å². The van der Waals surface area contributed by atoms with Crippen LogP contribution in [0, 0.1) is 10.1 Å². The standard InChI is InChI=1S/C26H27N7O4.2ClH/c1-27-23(28-2)16-5-10-19(11-6-16)31-25(34)18-9-14-21(22(15-18)33(36)37)26(35)32-20-12-7-17(8-13-20)24(29-3)30-4;;/h5-15H,1-4H3,(H,27,28)(H,29,30)(H,31,34)(H,32,35);2*1H. The number of amides is 2. The molecule has 0 saturated carbocycles. The summed E-state index contributed by atoms with van der Waals surface area (Å²) in [5, 5.41) is 23.0. The quantitative estimate of drug-likeness (QED) is 0.144. The van der Waals surface area contributed by atoms with Crippen LogP contribution in [0.25, 0.3) is 0 Å². The van der Waals surface area contributed by atoms with Crippen LogP contribution in [0.4, 0.5) is 17.1 Å². The van der Waals surface area contributed by atoms with E-state index >= 15 is 0 Å². The second kappa shape index (κ2) is 15.1. The largest absolute Gasteiger partial charge is 0.373 e. The van der Waals surface area contributed by atoms with Crippen molar-refractivity contribution in [3.63, 3.8) is 0 Å². The van der Waals surface area contributed by atoms with Gasteiger partial charge in [0.1, 0.15) is 17.2 Å². The Kier molecular flexibility index (Phi) is 12.6. The van der Waals surface area contributed by atoms with Gasteiger partial charge in [-0.05, 0) is 60.7 Å². The van der Waals surface area contributed by atoms with Crippen LogP contribution in [0.1, 0.15) is 31.8 Å². The van der Waals surface area contributed by atoms with Gasteiger partial charge in [-0.3, -0.25) is 29.7 Å². The molecule has 39 heavy (non-hydrogen) atoms. The van der Waals surface area contributed by atoms with Gasteiger partial charge in [-0.25, -0.2) is 0 Å². The molecule has 206 valence electrons. The Morgan fingerprint density at radius 2 is 1.10 bits per heavy atom. The van der Waals surface area contributed by atoms with Crippen LogP contribution in [-0.2, 0) is 0 Å². The van der Waals surface area contributed by atoms with Crippen LogP contribution in [0.2, 0.25) is 0 Å². The van der Waals surface area contributed by atoms with Crippen molar-refractivity contribution < 1.29 is 14.5 Å². The molecule has 0 aromatic heterocycles. The molecule has 0 bridgehead atoms. The molecule has 0 unspecified atom stereocenters. The number of nitro groups is 1. The maximum absolute atomic E-state index is 12.8. The first-order chi connectivity index (χ1) is 17.8. The van der Waals surface area contributed by atoms with Crippen molar-refractivity contribution in [1.82, 2.24) is 10.6 Å². The summed E-state index contributed by atoms with van der Waals surface area (Å²) in [7, 11) is 6.83. The minimum absolute atomic E-state index is 0. The summed E-state index contributed by atoms with van der Waals surface area (Å²) in [4.78, 5) is 44.8. The van der Waals surface area contributed by atoms with Gasteiger partial charge in [-0.2, -0.15) is 0 Å². The maximum atomic E-state index is 12.8. The normalized spacial score (nSPS) is 10.9. The molecule has 0 aliphatic rings. The summed E-state index contributed by atoms with van der Waals surface area (Å²) >= 11 is 0. The van der Waals surface area contributed by atoms with Crippen LogP contribution in [0.15, 0.2) is 76.7 Å². The van der Waals surface area contributed by atoms with Crippen molar-refractivity contribution in [2.45, 2.75) is 0 Å². The smallest absolute Gasteiger partial charge is 0.282 e. The molecule has 2 amide bonds. The number of carbonyl (C=O) groups excluding carboxylic acids is 2. The summed E-state index contributed by atoms with van der Waals surface area (Å²) in [6.07, 6.45) is 0. The third-order valence-electron chi connectivity index (χ3n) is 5.45. The molecule has 0 aliphatic carbocycles. The van der Waals surface area contributed by atoms with E-state index in [0.29, 0.717) is 23.0 Å². The first-order valence-corrected chi connectivity index (χ1v) is 11.2. The van der Waals surface area contributed by atoms with Crippen molar-refractivity contribution in [2.75, 3.05) is 38.8 Å². The number of aliphatic imine (C=N–C) groups is 2. The van der Waals surface area contributed by atoms with E-state index in [9.17, 15) is 19.7 Å². The Hall–Kier alpha value is -4.48. The molecule has 0 saturated heterocycles. The monoisotopic (exact) mass is 573 g/mol. The number of amidine groups is 2. The fourth-order valence-corrected chi connectivity index (χ4v) is 3.61. The van der Waals surface area contributed by atoms with E-state index in [-0.39, 0.29) is 35.9 Å². The molecule has 0 atom stereocenters. The van der Waals surface area contributed by atoms with Gasteiger partial charge >= 0.3 is 0 Å². The number of halogens is 2. The van der Waals surface area contributed by atoms with E-state index in [1.807, 2.05) is 0 Å². The Morgan fingerprint density at radius 1 is 0.692 bits per heavy atom. The average Bonchev–Trinajstić information content (AvgIpc) is 2.91. The zero-order chi connectivity index (χ0) is 26.9. The first-order valence-electron chi connectivity index (χ1n) is 11.2. The van der Waals surface area contributed by atoms with E-state index < -0.39 is 22.4 Å². The third kappa shape index (κ3) is 8.00. The summed E-state index contributed by atoms with van der Waals surface area (Å²) in [6.45, 7) is 0. The highest BCUT2D eigenvalue weighted by Crippen LogP contribution is 2.23.